The molecule has 0 bridgehead atoms. The van der Waals surface area contributed by atoms with Gasteiger partial charge in [-0.25, -0.2) is 0 Å². The lowest BCUT2D eigenvalue weighted by molar-refractivity contribution is -0.0280. The number of benzene rings is 1. The number of aryl methyl sites for hydroxylation is 1. The van der Waals surface area contributed by atoms with E-state index < -0.39 is 0 Å². The van der Waals surface area contributed by atoms with Crippen LogP contribution >= 0.6 is 0 Å². The highest BCUT2D eigenvalue weighted by Crippen LogP contribution is 2.56. The molecule has 4 atom stereocenters. The molecular formula is C20H32O2. The van der Waals surface area contributed by atoms with Crippen LogP contribution in [0.4, 0.5) is 0 Å². The molecule has 0 spiro atoms. The summed E-state index contributed by atoms with van der Waals surface area (Å²) in [5.74, 6) is 3.69. The quantitative estimate of drug-likeness (QED) is 0.669. The zero-order valence-electron chi connectivity index (χ0n) is 15.2. The number of ether oxygens (including phenoxy) is 1. The first-order valence-electron chi connectivity index (χ1n) is 8.82. The highest BCUT2D eigenvalue weighted by Gasteiger charge is 2.48. The van der Waals surface area contributed by atoms with Gasteiger partial charge in [-0.05, 0) is 69.1 Å². The van der Waals surface area contributed by atoms with Gasteiger partial charge in [-0.15, -0.1) is 0 Å². The van der Waals surface area contributed by atoms with Crippen molar-refractivity contribution in [3.05, 3.63) is 23.3 Å². The van der Waals surface area contributed by atoms with Crippen LogP contribution in [0.2, 0.25) is 0 Å². The van der Waals surface area contributed by atoms with E-state index in [1.165, 1.54) is 6.42 Å². The van der Waals surface area contributed by atoms with Gasteiger partial charge in [0.05, 0.1) is 0 Å². The predicted molar refractivity (Wildman–Crippen MR) is 92.7 cm³/mol. The normalized spacial score (nSPS) is 32.0. The van der Waals surface area contributed by atoms with Gasteiger partial charge in [0.1, 0.15) is 17.1 Å². The monoisotopic (exact) mass is 304 g/mol. The van der Waals surface area contributed by atoms with Crippen molar-refractivity contribution < 1.29 is 9.84 Å². The van der Waals surface area contributed by atoms with E-state index in [0.717, 1.165) is 29.2 Å². The maximum atomic E-state index is 10.4. The third-order valence-electron chi connectivity index (χ3n) is 5.61. The molecule has 1 aliphatic heterocycles. The van der Waals surface area contributed by atoms with Crippen LogP contribution in [0, 0.1) is 24.7 Å². The summed E-state index contributed by atoms with van der Waals surface area (Å²) >= 11 is 0. The van der Waals surface area contributed by atoms with E-state index >= 15 is 0 Å². The van der Waals surface area contributed by atoms with Crippen molar-refractivity contribution >= 4 is 0 Å². The fourth-order valence-electron chi connectivity index (χ4n) is 4.24. The van der Waals surface area contributed by atoms with Crippen LogP contribution in [0.15, 0.2) is 12.1 Å². The fraction of sp³-hybridized carbons (Fsp3) is 0.700. The molecule has 1 aromatic carbocycles. The Morgan fingerprint density at radius 3 is 2.32 bits per heavy atom. The molecule has 1 heterocycles. The third kappa shape index (κ3) is 2.85. The maximum absolute atomic E-state index is 10.4. The molecule has 0 amide bonds. The van der Waals surface area contributed by atoms with Gasteiger partial charge in [0.25, 0.3) is 0 Å². The second kappa shape index (κ2) is 6.14. The van der Waals surface area contributed by atoms with E-state index in [1.54, 1.807) is 0 Å². The minimum absolute atomic E-state index is 0.147. The lowest BCUT2D eigenvalue weighted by atomic mass is 9.61. The minimum atomic E-state index is -0.147. The Labute approximate surface area is 135 Å². The number of hydrogen-bond acceptors (Lipinski definition) is 2. The van der Waals surface area contributed by atoms with Gasteiger partial charge < -0.3 is 9.84 Å². The summed E-state index contributed by atoms with van der Waals surface area (Å²) in [6, 6.07) is 3.95. The Morgan fingerprint density at radius 2 is 1.68 bits per heavy atom. The Balaban J connectivity index is 0.000000847. The standard InChI is InChI=1S/C18H26O2.C2H6/c1-10-6-15(19)17-13-8-11(2)12(3)9-14(13)18(4,5)20-16(17)7-10;1-2/h6-7,11-14,19H,8-9H2,1-5H3;1-2H3. The zero-order chi connectivity index (χ0) is 16.7. The van der Waals surface area contributed by atoms with Crippen molar-refractivity contribution in [2.24, 2.45) is 17.8 Å². The molecule has 0 saturated heterocycles. The van der Waals surface area contributed by atoms with E-state index in [1.807, 2.05) is 26.8 Å². The molecule has 1 fully saturated rings. The summed E-state index contributed by atoms with van der Waals surface area (Å²) in [4.78, 5) is 0. The van der Waals surface area contributed by atoms with E-state index in [4.69, 9.17) is 4.74 Å². The van der Waals surface area contributed by atoms with Crippen molar-refractivity contribution in [3.63, 3.8) is 0 Å². The first kappa shape index (κ1) is 17.2. The topological polar surface area (TPSA) is 29.5 Å². The summed E-state index contributed by atoms with van der Waals surface area (Å²) in [6.45, 7) is 15.1. The third-order valence-corrected chi connectivity index (χ3v) is 5.61. The van der Waals surface area contributed by atoms with Gasteiger partial charge >= 0.3 is 0 Å². The highest BCUT2D eigenvalue weighted by atomic mass is 16.5. The van der Waals surface area contributed by atoms with Gasteiger partial charge in [-0.2, -0.15) is 0 Å². The van der Waals surface area contributed by atoms with Crippen molar-refractivity contribution in [2.75, 3.05) is 0 Å². The number of rotatable bonds is 0. The maximum Gasteiger partial charge on any atom is 0.127 e. The summed E-state index contributed by atoms with van der Waals surface area (Å²) in [5, 5.41) is 10.4. The number of phenols is 1. The van der Waals surface area contributed by atoms with E-state index in [2.05, 4.69) is 33.8 Å². The van der Waals surface area contributed by atoms with Gasteiger partial charge in [0, 0.05) is 11.5 Å². The molecule has 0 radical (unpaired) electrons. The molecule has 22 heavy (non-hydrogen) atoms. The van der Waals surface area contributed by atoms with Crippen LogP contribution < -0.4 is 4.74 Å². The first-order chi connectivity index (χ1) is 10.3. The summed E-state index contributed by atoms with van der Waals surface area (Å²) in [5.41, 5.74) is 1.97. The summed E-state index contributed by atoms with van der Waals surface area (Å²) in [7, 11) is 0. The lowest BCUT2D eigenvalue weighted by Gasteiger charge is -2.50. The van der Waals surface area contributed by atoms with Crippen LogP contribution in [0.1, 0.15) is 71.4 Å². The fourth-order valence-corrected chi connectivity index (χ4v) is 4.24. The molecule has 2 aliphatic rings. The second-order valence-corrected chi connectivity index (χ2v) is 7.54. The molecular weight excluding hydrogens is 272 g/mol. The number of phenolic OH excluding ortho intramolecular Hbond substituents is 1. The van der Waals surface area contributed by atoms with Gasteiger partial charge in [-0.3, -0.25) is 0 Å². The second-order valence-electron chi connectivity index (χ2n) is 7.54. The molecule has 2 nitrogen and oxygen atoms in total. The molecule has 1 aromatic rings. The van der Waals surface area contributed by atoms with E-state index in [-0.39, 0.29) is 5.60 Å². The Hall–Kier alpha value is -1.18. The Kier molecular flexibility index (Phi) is 4.79. The van der Waals surface area contributed by atoms with E-state index in [0.29, 0.717) is 23.5 Å². The molecule has 3 rings (SSSR count). The van der Waals surface area contributed by atoms with Gasteiger partial charge in [0.2, 0.25) is 0 Å². The number of aromatic hydroxyl groups is 1. The minimum Gasteiger partial charge on any atom is -0.508 e. The van der Waals surface area contributed by atoms with Crippen LogP contribution in [0.3, 0.4) is 0 Å². The van der Waals surface area contributed by atoms with E-state index in [9.17, 15) is 5.11 Å². The van der Waals surface area contributed by atoms with Crippen LogP contribution in [0.25, 0.3) is 0 Å². The zero-order valence-corrected chi connectivity index (χ0v) is 15.2. The van der Waals surface area contributed by atoms with Crippen molar-refractivity contribution in [1.29, 1.82) is 0 Å². The smallest absolute Gasteiger partial charge is 0.127 e. The average molecular weight is 304 g/mol. The number of hydrogen-bond donors (Lipinski definition) is 1. The molecule has 1 N–H and O–H groups in total. The molecule has 2 heteroatoms. The molecule has 1 saturated carbocycles. The summed E-state index contributed by atoms with van der Waals surface area (Å²) < 4.78 is 6.27. The van der Waals surface area contributed by atoms with Crippen LogP contribution in [-0.2, 0) is 0 Å². The van der Waals surface area contributed by atoms with Crippen LogP contribution in [0.5, 0.6) is 11.5 Å². The molecule has 124 valence electrons. The Bertz CT molecular complexity index is 533. The SMILES string of the molecule is CC.Cc1cc(O)c2c(c1)OC(C)(C)C1CC(C)C(C)CC21. The average Bonchev–Trinajstić information content (AvgIpc) is 2.42. The largest absolute Gasteiger partial charge is 0.508 e. The van der Waals surface area contributed by atoms with Gasteiger partial charge in [0.15, 0.2) is 0 Å². The van der Waals surface area contributed by atoms with Crippen LogP contribution in [-0.4, -0.2) is 10.7 Å². The van der Waals surface area contributed by atoms with Crippen molar-refractivity contribution in [2.45, 2.75) is 72.8 Å². The van der Waals surface area contributed by atoms with Gasteiger partial charge in [-0.1, -0.05) is 27.7 Å². The van der Waals surface area contributed by atoms with Crippen molar-refractivity contribution in [1.82, 2.24) is 0 Å². The predicted octanol–water partition coefficient (Wildman–Crippen LogP) is 5.66. The Morgan fingerprint density at radius 1 is 1.09 bits per heavy atom. The number of fused-ring (bicyclic) bond motifs is 3. The molecule has 0 aromatic heterocycles. The first-order valence-corrected chi connectivity index (χ1v) is 8.82. The molecule has 1 aliphatic carbocycles. The van der Waals surface area contributed by atoms with Crippen molar-refractivity contribution in [3.8, 4) is 11.5 Å². The summed E-state index contributed by atoms with van der Waals surface area (Å²) in [6.07, 6.45) is 2.34. The molecule has 4 unspecified atom stereocenters. The highest BCUT2D eigenvalue weighted by molar-refractivity contribution is 5.51. The lowest BCUT2D eigenvalue weighted by Crippen LogP contribution is -2.48.